The molecule has 0 atom stereocenters. The summed E-state index contributed by atoms with van der Waals surface area (Å²) in [4.78, 5) is 16.2. The van der Waals surface area contributed by atoms with Crippen LogP contribution < -0.4 is 10.0 Å². The SMILES string of the molecule is Cc1ccc(NC(=O)c2ccc(S(=O)(=O)Nc3ccncc3)cc2)cc1Cl. The molecule has 1 amide bonds. The smallest absolute Gasteiger partial charge is 0.261 e. The zero-order chi connectivity index (χ0) is 19.4. The number of nitrogens with one attached hydrogen (secondary N) is 2. The summed E-state index contributed by atoms with van der Waals surface area (Å²) >= 11 is 6.05. The van der Waals surface area contributed by atoms with Gasteiger partial charge in [-0.3, -0.25) is 14.5 Å². The first kappa shape index (κ1) is 18.9. The zero-order valence-corrected chi connectivity index (χ0v) is 15.9. The van der Waals surface area contributed by atoms with Gasteiger partial charge in [-0.2, -0.15) is 0 Å². The molecule has 0 radical (unpaired) electrons. The van der Waals surface area contributed by atoms with Crippen LogP contribution in [0.25, 0.3) is 0 Å². The number of halogens is 1. The highest BCUT2D eigenvalue weighted by Crippen LogP contribution is 2.21. The van der Waals surface area contributed by atoms with E-state index >= 15 is 0 Å². The predicted molar refractivity (Wildman–Crippen MR) is 106 cm³/mol. The van der Waals surface area contributed by atoms with E-state index in [1.54, 1.807) is 30.3 Å². The molecule has 1 aromatic heterocycles. The lowest BCUT2D eigenvalue weighted by atomic mass is 10.2. The summed E-state index contributed by atoms with van der Waals surface area (Å²) in [7, 11) is -3.75. The topological polar surface area (TPSA) is 88.2 Å². The lowest BCUT2D eigenvalue weighted by Crippen LogP contribution is -2.15. The van der Waals surface area contributed by atoms with Crippen LogP contribution >= 0.6 is 11.6 Å². The van der Waals surface area contributed by atoms with Gasteiger partial charge in [0.1, 0.15) is 0 Å². The van der Waals surface area contributed by atoms with Crippen LogP contribution in [0, 0.1) is 6.92 Å². The Morgan fingerprint density at radius 1 is 0.963 bits per heavy atom. The van der Waals surface area contributed by atoms with Gasteiger partial charge in [-0.1, -0.05) is 17.7 Å². The summed E-state index contributed by atoms with van der Waals surface area (Å²) in [5, 5.41) is 3.28. The summed E-state index contributed by atoms with van der Waals surface area (Å²) < 4.78 is 27.2. The van der Waals surface area contributed by atoms with E-state index in [1.807, 2.05) is 6.92 Å². The van der Waals surface area contributed by atoms with Gasteiger partial charge in [0.25, 0.3) is 15.9 Å². The largest absolute Gasteiger partial charge is 0.322 e. The Kier molecular flexibility index (Phi) is 5.43. The van der Waals surface area contributed by atoms with E-state index < -0.39 is 10.0 Å². The normalized spacial score (nSPS) is 11.0. The Morgan fingerprint density at radius 3 is 2.26 bits per heavy atom. The molecule has 0 saturated heterocycles. The quantitative estimate of drug-likeness (QED) is 0.673. The number of aromatic nitrogens is 1. The molecule has 27 heavy (non-hydrogen) atoms. The van der Waals surface area contributed by atoms with Crippen LogP contribution in [0.4, 0.5) is 11.4 Å². The minimum atomic E-state index is -3.75. The number of hydrogen-bond donors (Lipinski definition) is 2. The Morgan fingerprint density at radius 2 is 1.63 bits per heavy atom. The van der Waals surface area contributed by atoms with E-state index in [9.17, 15) is 13.2 Å². The van der Waals surface area contributed by atoms with Gasteiger partial charge >= 0.3 is 0 Å². The van der Waals surface area contributed by atoms with Crippen LogP contribution in [-0.4, -0.2) is 19.3 Å². The van der Waals surface area contributed by atoms with Gasteiger partial charge in [-0.05, 0) is 61.0 Å². The van der Waals surface area contributed by atoms with Crippen LogP contribution in [0.5, 0.6) is 0 Å². The van der Waals surface area contributed by atoms with Gasteiger partial charge in [0, 0.05) is 28.7 Å². The van der Waals surface area contributed by atoms with E-state index in [4.69, 9.17) is 11.6 Å². The fourth-order valence-electron chi connectivity index (χ4n) is 2.29. The molecule has 0 fully saturated rings. The van der Waals surface area contributed by atoms with Gasteiger partial charge in [-0.15, -0.1) is 0 Å². The van der Waals surface area contributed by atoms with Crippen LogP contribution in [0.2, 0.25) is 5.02 Å². The minimum Gasteiger partial charge on any atom is -0.322 e. The van der Waals surface area contributed by atoms with Crippen molar-refractivity contribution in [1.82, 2.24) is 4.98 Å². The molecule has 8 heteroatoms. The Balaban J connectivity index is 1.74. The number of hydrogen-bond acceptors (Lipinski definition) is 4. The average Bonchev–Trinajstić information content (AvgIpc) is 2.65. The molecule has 138 valence electrons. The highest BCUT2D eigenvalue weighted by atomic mass is 35.5. The fourth-order valence-corrected chi connectivity index (χ4v) is 3.53. The van der Waals surface area contributed by atoms with Gasteiger partial charge in [0.05, 0.1) is 10.6 Å². The number of sulfonamides is 1. The molecule has 6 nitrogen and oxygen atoms in total. The van der Waals surface area contributed by atoms with E-state index in [2.05, 4.69) is 15.0 Å². The van der Waals surface area contributed by atoms with Crippen molar-refractivity contribution >= 4 is 38.9 Å². The first-order chi connectivity index (χ1) is 12.8. The molecular formula is C19H16ClN3O3S. The summed E-state index contributed by atoms with van der Waals surface area (Å²) in [5.74, 6) is -0.360. The lowest BCUT2D eigenvalue weighted by molar-refractivity contribution is 0.102. The van der Waals surface area contributed by atoms with Gasteiger partial charge in [-0.25, -0.2) is 8.42 Å². The monoisotopic (exact) mass is 401 g/mol. The second-order valence-corrected chi connectivity index (χ2v) is 7.87. The van der Waals surface area contributed by atoms with Gasteiger partial charge < -0.3 is 5.32 Å². The van der Waals surface area contributed by atoms with Crippen molar-refractivity contribution in [1.29, 1.82) is 0 Å². The van der Waals surface area contributed by atoms with Gasteiger partial charge in [0.2, 0.25) is 0 Å². The third-order valence-electron chi connectivity index (χ3n) is 3.79. The van der Waals surface area contributed by atoms with Crippen molar-refractivity contribution in [3.05, 3.63) is 83.1 Å². The van der Waals surface area contributed by atoms with E-state index in [1.165, 1.54) is 36.7 Å². The Bertz CT molecular complexity index is 1070. The number of carbonyl (C=O) groups is 1. The van der Waals surface area contributed by atoms with E-state index in [0.717, 1.165) is 5.56 Å². The van der Waals surface area contributed by atoms with Crippen molar-refractivity contribution in [2.45, 2.75) is 11.8 Å². The van der Waals surface area contributed by atoms with Crippen molar-refractivity contribution in [3.63, 3.8) is 0 Å². The molecule has 0 saturated carbocycles. The number of amides is 1. The number of nitrogens with zero attached hydrogens (tertiary/aromatic N) is 1. The predicted octanol–water partition coefficient (Wildman–Crippen LogP) is 4.10. The molecule has 1 heterocycles. The van der Waals surface area contributed by atoms with E-state index in [0.29, 0.717) is 22.0 Å². The fraction of sp³-hybridized carbons (Fsp3) is 0.0526. The molecule has 2 aromatic carbocycles. The van der Waals surface area contributed by atoms with Crippen LogP contribution in [0.3, 0.4) is 0 Å². The highest BCUT2D eigenvalue weighted by molar-refractivity contribution is 7.92. The number of aryl methyl sites for hydroxylation is 1. The minimum absolute atomic E-state index is 0.0502. The van der Waals surface area contributed by atoms with E-state index in [-0.39, 0.29) is 10.8 Å². The molecule has 2 N–H and O–H groups in total. The molecule has 0 aliphatic heterocycles. The number of carbonyl (C=O) groups excluding carboxylic acids is 1. The maximum Gasteiger partial charge on any atom is 0.261 e. The first-order valence-electron chi connectivity index (χ1n) is 7.95. The highest BCUT2D eigenvalue weighted by Gasteiger charge is 2.15. The summed E-state index contributed by atoms with van der Waals surface area (Å²) in [6.45, 7) is 1.87. The molecule has 0 bridgehead atoms. The third kappa shape index (κ3) is 4.64. The molecule has 3 rings (SSSR count). The maximum atomic E-state index is 12.4. The summed E-state index contributed by atoms with van der Waals surface area (Å²) in [6, 6.07) is 14.0. The zero-order valence-electron chi connectivity index (χ0n) is 14.3. The van der Waals surface area contributed by atoms with Crippen LogP contribution in [-0.2, 0) is 10.0 Å². The van der Waals surface area contributed by atoms with Crippen molar-refractivity contribution in [2.24, 2.45) is 0 Å². The second kappa shape index (κ2) is 7.77. The molecule has 0 unspecified atom stereocenters. The average molecular weight is 402 g/mol. The molecule has 0 aliphatic carbocycles. The molecule has 0 aliphatic rings. The Hall–Kier alpha value is -2.90. The summed E-state index contributed by atoms with van der Waals surface area (Å²) in [6.07, 6.45) is 2.98. The standard InChI is InChI=1S/C19H16ClN3O3S/c1-13-2-5-16(12-18(13)20)22-19(24)14-3-6-17(7-4-14)27(25,26)23-15-8-10-21-11-9-15/h2-12H,1H3,(H,21,23)(H,22,24). The first-order valence-corrected chi connectivity index (χ1v) is 9.82. The maximum absolute atomic E-state index is 12.4. The van der Waals surface area contributed by atoms with Crippen molar-refractivity contribution < 1.29 is 13.2 Å². The number of pyridine rings is 1. The van der Waals surface area contributed by atoms with Gasteiger partial charge in [0.15, 0.2) is 0 Å². The molecule has 0 spiro atoms. The molecular weight excluding hydrogens is 386 g/mol. The number of rotatable bonds is 5. The van der Waals surface area contributed by atoms with Crippen molar-refractivity contribution in [2.75, 3.05) is 10.0 Å². The van der Waals surface area contributed by atoms with Crippen LogP contribution in [0.1, 0.15) is 15.9 Å². The lowest BCUT2D eigenvalue weighted by Gasteiger charge is -2.09. The van der Waals surface area contributed by atoms with Crippen molar-refractivity contribution in [3.8, 4) is 0 Å². The summed E-state index contributed by atoms with van der Waals surface area (Å²) in [5.41, 5.74) is 2.20. The second-order valence-electron chi connectivity index (χ2n) is 5.78. The number of benzene rings is 2. The molecule has 3 aromatic rings. The third-order valence-corrected chi connectivity index (χ3v) is 5.59. The van der Waals surface area contributed by atoms with Crippen LogP contribution in [0.15, 0.2) is 71.9 Å². The Labute approximate surface area is 162 Å². The number of anilines is 2.